The monoisotopic (exact) mass is 479 g/mol. The molecule has 1 atom stereocenters. The maximum Gasteiger partial charge on any atom is 0.251 e. The van der Waals surface area contributed by atoms with Gasteiger partial charge in [-0.2, -0.15) is 0 Å². The third kappa shape index (κ3) is 6.21. The fraction of sp³-hybridized carbons (Fsp3) is 0.300. The predicted octanol–water partition coefficient (Wildman–Crippen LogP) is 3.25. The Morgan fingerprint density at radius 1 is 1.11 bits per heavy atom. The van der Waals surface area contributed by atoms with Crippen LogP contribution in [0.4, 0.5) is 11.4 Å². The van der Waals surface area contributed by atoms with Crippen molar-refractivity contribution in [1.29, 1.82) is 0 Å². The van der Waals surface area contributed by atoms with Gasteiger partial charge in [-0.3, -0.25) is 9.59 Å². The summed E-state index contributed by atoms with van der Waals surface area (Å²) in [5.74, 6) is -0.343. The number of benzene rings is 2. The van der Waals surface area contributed by atoms with Crippen LogP contribution in [0, 0.1) is 3.57 Å². The first-order valence-corrected chi connectivity index (χ1v) is 9.97. The van der Waals surface area contributed by atoms with Crippen molar-refractivity contribution in [3.8, 4) is 0 Å². The molecule has 1 unspecified atom stereocenters. The maximum absolute atomic E-state index is 12.3. The molecule has 1 aliphatic heterocycles. The lowest BCUT2D eigenvalue weighted by molar-refractivity contribution is -0.114. The molecule has 3 rings (SSSR count). The molecule has 6 nitrogen and oxygen atoms in total. The molecular formula is C20H22IN3O3. The largest absolute Gasteiger partial charge is 0.376 e. The van der Waals surface area contributed by atoms with Crippen LogP contribution in [0.2, 0.25) is 0 Å². The average molecular weight is 479 g/mol. The van der Waals surface area contributed by atoms with E-state index in [1.807, 2.05) is 24.3 Å². The smallest absolute Gasteiger partial charge is 0.251 e. The van der Waals surface area contributed by atoms with Gasteiger partial charge in [0.2, 0.25) is 5.91 Å². The van der Waals surface area contributed by atoms with Crippen LogP contribution in [0.5, 0.6) is 0 Å². The van der Waals surface area contributed by atoms with E-state index in [1.54, 1.807) is 24.3 Å². The van der Waals surface area contributed by atoms with E-state index in [-0.39, 0.29) is 24.5 Å². The van der Waals surface area contributed by atoms with Crippen LogP contribution < -0.4 is 16.0 Å². The Morgan fingerprint density at radius 2 is 1.93 bits per heavy atom. The number of amides is 2. The maximum atomic E-state index is 12.3. The summed E-state index contributed by atoms with van der Waals surface area (Å²) in [5, 5.41) is 8.76. The molecule has 2 aromatic carbocycles. The zero-order chi connectivity index (χ0) is 19.1. The van der Waals surface area contributed by atoms with Crippen LogP contribution in [0.1, 0.15) is 23.2 Å². The summed E-state index contributed by atoms with van der Waals surface area (Å²) in [7, 11) is 0. The van der Waals surface area contributed by atoms with E-state index >= 15 is 0 Å². The van der Waals surface area contributed by atoms with E-state index in [4.69, 9.17) is 4.74 Å². The first-order chi connectivity index (χ1) is 13.1. The Hall–Kier alpha value is -2.13. The Bertz CT molecular complexity index is 789. The number of rotatable bonds is 7. The summed E-state index contributed by atoms with van der Waals surface area (Å²) in [4.78, 5) is 24.4. The third-order valence-electron chi connectivity index (χ3n) is 4.22. The number of hydrogen-bond donors (Lipinski definition) is 3. The van der Waals surface area contributed by atoms with Gasteiger partial charge in [0.05, 0.1) is 12.6 Å². The third-order valence-corrected chi connectivity index (χ3v) is 4.94. The molecule has 27 heavy (non-hydrogen) atoms. The lowest BCUT2D eigenvalue weighted by Crippen LogP contribution is -2.31. The fourth-order valence-electron chi connectivity index (χ4n) is 2.81. The van der Waals surface area contributed by atoms with E-state index < -0.39 is 0 Å². The van der Waals surface area contributed by atoms with Crippen LogP contribution >= 0.6 is 22.6 Å². The van der Waals surface area contributed by atoms with Gasteiger partial charge in [-0.25, -0.2) is 0 Å². The van der Waals surface area contributed by atoms with Gasteiger partial charge in [0, 0.05) is 33.7 Å². The van der Waals surface area contributed by atoms with Crippen molar-refractivity contribution in [3.63, 3.8) is 0 Å². The summed E-state index contributed by atoms with van der Waals surface area (Å²) >= 11 is 2.23. The lowest BCUT2D eigenvalue weighted by Gasteiger charge is -2.12. The highest BCUT2D eigenvalue weighted by Gasteiger charge is 2.16. The second kappa shape index (κ2) is 9.70. The van der Waals surface area contributed by atoms with Crippen molar-refractivity contribution >= 4 is 45.8 Å². The minimum Gasteiger partial charge on any atom is -0.376 e. The number of halogens is 1. The van der Waals surface area contributed by atoms with E-state index in [9.17, 15) is 9.59 Å². The summed E-state index contributed by atoms with van der Waals surface area (Å²) in [6, 6.07) is 14.7. The molecule has 1 saturated heterocycles. The molecule has 2 amide bonds. The Kier molecular flexibility index (Phi) is 7.05. The molecule has 7 heteroatoms. The van der Waals surface area contributed by atoms with Crippen LogP contribution in [0.3, 0.4) is 0 Å². The number of carbonyl (C=O) groups is 2. The van der Waals surface area contributed by atoms with Crippen molar-refractivity contribution in [1.82, 2.24) is 5.32 Å². The van der Waals surface area contributed by atoms with Gasteiger partial charge in [-0.05, 0) is 77.9 Å². The molecular weight excluding hydrogens is 457 g/mol. The van der Waals surface area contributed by atoms with Crippen molar-refractivity contribution in [2.24, 2.45) is 0 Å². The van der Waals surface area contributed by atoms with E-state index in [2.05, 4.69) is 38.5 Å². The predicted molar refractivity (Wildman–Crippen MR) is 114 cm³/mol. The van der Waals surface area contributed by atoms with E-state index in [1.165, 1.54) is 0 Å². The van der Waals surface area contributed by atoms with Crippen molar-refractivity contribution in [2.45, 2.75) is 18.9 Å². The van der Waals surface area contributed by atoms with Gasteiger partial charge in [-0.15, -0.1) is 0 Å². The molecule has 0 aromatic heterocycles. The van der Waals surface area contributed by atoms with Gasteiger partial charge >= 0.3 is 0 Å². The number of nitrogens with one attached hydrogen (secondary N) is 3. The lowest BCUT2D eigenvalue weighted by atomic mass is 10.1. The molecule has 0 spiro atoms. The van der Waals surface area contributed by atoms with Crippen LogP contribution in [0.25, 0.3) is 0 Å². The van der Waals surface area contributed by atoms with Gasteiger partial charge in [0.15, 0.2) is 0 Å². The van der Waals surface area contributed by atoms with Crippen LogP contribution in [-0.4, -0.2) is 37.6 Å². The van der Waals surface area contributed by atoms with Crippen molar-refractivity contribution in [3.05, 3.63) is 57.7 Å². The SMILES string of the molecule is O=C(CNc1ccc(I)cc1)Nc1cccc(C(=O)NCC2CCCO2)c1. The van der Waals surface area contributed by atoms with Crippen molar-refractivity contribution in [2.75, 3.05) is 30.3 Å². The molecule has 1 aliphatic rings. The summed E-state index contributed by atoms with van der Waals surface area (Å²) in [6.45, 7) is 1.42. The summed E-state index contributed by atoms with van der Waals surface area (Å²) in [6.07, 6.45) is 2.12. The second-order valence-electron chi connectivity index (χ2n) is 6.33. The highest BCUT2D eigenvalue weighted by Crippen LogP contribution is 2.14. The summed E-state index contributed by atoms with van der Waals surface area (Å²) in [5.41, 5.74) is 1.98. The molecule has 0 saturated carbocycles. The fourth-order valence-corrected chi connectivity index (χ4v) is 3.17. The molecule has 0 radical (unpaired) electrons. The first-order valence-electron chi connectivity index (χ1n) is 8.89. The van der Waals surface area contributed by atoms with Gasteiger partial charge in [0.1, 0.15) is 0 Å². The van der Waals surface area contributed by atoms with Gasteiger partial charge in [0.25, 0.3) is 5.91 Å². The Morgan fingerprint density at radius 3 is 2.67 bits per heavy atom. The standard InChI is InChI=1S/C20H22IN3O3/c21-15-6-8-16(9-7-15)22-13-19(25)24-17-4-1-3-14(11-17)20(26)23-12-18-5-2-10-27-18/h1,3-4,6-9,11,18,22H,2,5,10,12-13H2,(H,23,26)(H,24,25). The van der Waals surface area contributed by atoms with E-state index in [0.717, 1.165) is 28.7 Å². The number of hydrogen-bond acceptors (Lipinski definition) is 4. The second-order valence-corrected chi connectivity index (χ2v) is 7.58. The normalized spacial score (nSPS) is 16.0. The molecule has 0 bridgehead atoms. The number of ether oxygens (including phenoxy) is 1. The minimum absolute atomic E-state index is 0.101. The van der Waals surface area contributed by atoms with Crippen LogP contribution in [-0.2, 0) is 9.53 Å². The van der Waals surface area contributed by atoms with Gasteiger partial charge in [-0.1, -0.05) is 6.07 Å². The zero-order valence-corrected chi connectivity index (χ0v) is 17.0. The molecule has 0 aliphatic carbocycles. The highest BCUT2D eigenvalue weighted by atomic mass is 127. The topological polar surface area (TPSA) is 79.5 Å². The summed E-state index contributed by atoms with van der Waals surface area (Å²) < 4.78 is 6.64. The molecule has 142 valence electrons. The number of anilines is 2. The molecule has 1 fully saturated rings. The first kappa shape index (κ1) is 19.6. The average Bonchev–Trinajstić information content (AvgIpc) is 3.19. The highest BCUT2D eigenvalue weighted by molar-refractivity contribution is 14.1. The van der Waals surface area contributed by atoms with Crippen molar-refractivity contribution < 1.29 is 14.3 Å². The molecule has 2 aromatic rings. The Balaban J connectivity index is 1.49. The molecule has 1 heterocycles. The number of carbonyl (C=O) groups excluding carboxylic acids is 2. The quantitative estimate of drug-likeness (QED) is 0.533. The van der Waals surface area contributed by atoms with Crippen LogP contribution in [0.15, 0.2) is 48.5 Å². The minimum atomic E-state index is -0.175. The van der Waals surface area contributed by atoms with E-state index in [0.29, 0.717) is 17.8 Å². The Labute approximate surface area is 172 Å². The van der Waals surface area contributed by atoms with Gasteiger partial charge < -0.3 is 20.7 Å². The zero-order valence-electron chi connectivity index (χ0n) is 14.8. The molecule has 3 N–H and O–H groups in total.